The zero-order valence-corrected chi connectivity index (χ0v) is 16.3. The number of aryl methyl sites for hydroxylation is 1. The summed E-state index contributed by atoms with van der Waals surface area (Å²) < 4.78 is 11.0. The van der Waals surface area contributed by atoms with Crippen molar-refractivity contribution in [2.24, 2.45) is 0 Å². The highest BCUT2D eigenvalue weighted by Gasteiger charge is 2.16. The van der Waals surface area contributed by atoms with Crippen LogP contribution < -0.4 is 25.4 Å². The number of benzene rings is 2. The molecule has 9 heteroatoms. The molecule has 1 aliphatic heterocycles. The molecule has 3 N–H and O–H groups in total. The van der Waals surface area contributed by atoms with Gasteiger partial charge in [-0.05, 0) is 31.2 Å². The number of fused-ring (bicyclic) bond motifs is 1. The summed E-state index contributed by atoms with van der Waals surface area (Å²) in [6, 6.07) is 12.2. The Morgan fingerprint density at radius 1 is 0.931 bits per heavy atom. The standard InChI is InChI=1S/C20H18N4O4S/c1-12-2-4-13(5-3-12)22-19(26)24-20-23-15(11-29-20)18(25)21-14-6-7-16-17(10-14)28-9-8-27-16/h2-7,10-11H,8-9H2,1H3,(H,21,25)(H2,22,23,24,26). The third kappa shape index (κ3) is 4.64. The molecule has 0 radical (unpaired) electrons. The number of anilines is 3. The van der Waals surface area contributed by atoms with Crippen molar-refractivity contribution in [3.63, 3.8) is 0 Å². The number of urea groups is 1. The smallest absolute Gasteiger partial charge is 0.325 e. The molecule has 148 valence electrons. The summed E-state index contributed by atoms with van der Waals surface area (Å²) in [4.78, 5) is 28.7. The number of carbonyl (C=O) groups is 2. The number of hydrogen-bond acceptors (Lipinski definition) is 6. The molecule has 0 spiro atoms. The molecule has 2 heterocycles. The van der Waals surface area contributed by atoms with Crippen LogP contribution in [0.15, 0.2) is 47.8 Å². The first-order valence-corrected chi connectivity index (χ1v) is 9.76. The molecule has 4 rings (SSSR count). The molecular formula is C20H18N4O4S. The maximum Gasteiger partial charge on any atom is 0.325 e. The zero-order chi connectivity index (χ0) is 20.2. The largest absolute Gasteiger partial charge is 0.486 e. The molecule has 29 heavy (non-hydrogen) atoms. The van der Waals surface area contributed by atoms with Crippen LogP contribution in [0.5, 0.6) is 11.5 Å². The Hall–Kier alpha value is -3.59. The van der Waals surface area contributed by atoms with E-state index in [0.29, 0.717) is 41.2 Å². The normalized spacial score (nSPS) is 12.2. The number of ether oxygens (including phenoxy) is 2. The van der Waals surface area contributed by atoms with Crippen molar-refractivity contribution in [2.75, 3.05) is 29.2 Å². The van der Waals surface area contributed by atoms with E-state index in [4.69, 9.17) is 9.47 Å². The van der Waals surface area contributed by atoms with Gasteiger partial charge in [0, 0.05) is 22.8 Å². The highest BCUT2D eigenvalue weighted by molar-refractivity contribution is 7.14. The van der Waals surface area contributed by atoms with E-state index in [1.54, 1.807) is 23.6 Å². The van der Waals surface area contributed by atoms with Gasteiger partial charge in [-0.25, -0.2) is 9.78 Å². The van der Waals surface area contributed by atoms with Gasteiger partial charge < -0.3 is 20.1 Å². The second-order valence-corrected chi connectivity index (χ2v) is 7.15. The molecule has 0 atom stereocenters. The van der Waals surface area contributed by atoms with E-state index in [-0.39, 0.29) is 11.6 Å². The van der Waals surface area contributed by atoms with Crippen molar-refractivity contribution in [1.82, 2.24) is 4.98 Å². The van der Waals surface area contributed by atoms with Gasteiger partial charge in [-0.15, -0.1) is 11.3 Å². The van der Waals surface area contributed by atoms with Gasteiger partial charge in [0.1, 0.15) is 18.9 Å². The molecule has 8 nitrogen and oxygen atoms in total. The Kier molecular flexibility index (Phi) is 5.30. The fourth-order valence-corrected chi connectivity index (χ4v) is 3.33. The lowest BCUT2D eigenvalue weighted by Gasteiger charge is -2.18. The van der Waals surface area contributed by atoms with Gasteiger partial charge in [0.2, 0.25) is 0 Å². The predicted molar refractivity (Wildman–Crippen MR) is 111 cm³/mol. The van der Waals surface area contributed by atoms with E-state index >= 15 is 0 Å². The highest BCUT2D eigenvalue weighted by Crippen LogP contribution is 2.32. The van der Waals surface area contributed by atoms with E-state index in [9.17, 15) is 9.59 Å². The third-order valence-corrected chi connectivity index (χ3v) is 4.82. The summed E-state index contributed by atoms with van der Waals surface area (Å²) in [6.45, 7) is 2.94. The highest BCUT2D eigenvalue weighted by atomic mass is 32.1. The molecule has 0 saturated heterocycles. The van der Waals surface area contributed by atoms with Crippen LogP contribution in [0.1, 0.15) is 16.1 Å². The zero-order valence-electron chi connectivity index (χ0n) is 15.5. The molecule has 2 aromatic carbocycles. The molecule has 0 fully saturated rings. The summed E-state index contributed by atoms with van der Waals surface area (Å²) >= 11 is 1.16. The maximum absolute atomic E-state index is 12.4. The third-order valence-electron chi connectivity index (χ3n) is 4.07. The van der Waals surface area contributed by atoms with Crippen molar-refractivity contribution in [1.29, 1.82) is 0 Å². The van der Waals surface area contributed by atoms with E-state index < -0.39 is 6.03 Å². The van der Waals surface area contributed by atoms with Gasteiger partial charge in [-0.1, -0.05) is 17.7 Å². The van der Waals surface area contributed by atoms with E-state index in [1.807, 2.05) is 31.2 Å². The number of rotatable bonds is 4. The number of hydrogen-bond donors (Lipinski definition) is 3. The summed E-state index contributed by atoms with van der Waals surface area (Å²) in [6.07, 6.45) is 0. The summed E-state index contributed by atoms with van der Waals surface area (Å²) in [5, 5.41) is 10.0. The first kappa shape index (κ1) is 18.8. The predicted octanol–water partition coefficient (Wildman–Crippen LogP) is 4.12. The summed E-state index contributed by atoms with van der Waals surface area (Å²) in [7, 11) is 0. The number of amides is 3. The molecule has 0 bridgehead atoms. The molecule has 3 amide bonds. The van der Waals surface area contributed by atoms with Crippen LogP contribution in [-0.2, 0) is 0 Å². The van der Waals surface area contributed by atoms with Gasteiger partial charge in [-0.2, -0.15) is 0 Å². The van der Waals surface area contributed by atoms with Crippen molar-refractivity contribution >= 4 is 39.8 Å². The maximum atomic E-state index is 12.4. The topological polar surface area (TPSA) is 102 Å². The van der Waals surface area contributed by atoms with Crippen LogP contribution in [0.25, 0.3) is 0 Å². The Morgan fingerprint density at radius 3 is 2.45 bits per heavy atom. The molecule has 3 aromatic rings. The van der Waals surface area contributed by atoms with Crippen molar-refractivity contribution in [3.05, 3.63) is 59.1 Å². The van der Waals surface area contributed by atoms with Crippen molar-refractivity contribution in [2.45, 2.75) is 6.92 Å². The fourth-order valence-electron chi connectivity index (χ4n) is 2.65. The quantitative estimate of drug-likeness (QED) is 0.601. The van der Waals surface area contributed by atoms with Gasteiger partial charge in [0.25, 0.3) is 5.91 Å². The second-order valence-electron chi connectivity index (χ2n) is 6.30. The van der Waals surface area contributed by atoms with Crippen LogP contribution in [-0.4, -0.2) is 30.1 Å². The van der Waals surface area contributed by atoms with Gasteiger partial charge >= 0.3 is 6.03 Å². The van der Waals surface area contributed by atoms with Crippen LogP contribution in [0.4, 0.5) is 21.3 Å². The Balaban J connectivity index is 1.36. The van der Waals surface area contributed by atoms with Gasteiger partial charge in [-0.3, -0.25) is 10.1 Å². The average Bonchev–Trinajstić information content (AvgIpc) is 3.18. The minimum Gasteiger partial charge on any atom is -0.486 e. The van der Waals surface area contributed by atoms with Crippen LogP contribution in [0.2, 0.25) is 0 Å². The molecule has 1 aromatic heterocycles. The second kappa shape index (κ2) is 8.19. The summed E-state index contributed by atoms with van der Waals surface area (Å²) in [5.41, 5.74) is 2.54. The molecule has 0 saturated carbocycles. The fraction of sp³-hybridized carbons (Fsp3) is 0.150. The van der Waals surface area contributed by atoms with E-state index in [2.05, 4.69) is 20.9 Å². The lowest BCUT2D eigenvalue weighted by Crippen LogP contribution is -2.19. The SMILES string of the molecule is Cc1ccc(NC(=O)Nc2nc(C(=O)Nc3ccc4c(c3)OCCO4)cs2)cc1. The monoisotopic (exact) mass is 410 g/mol. The molecular weight excluding hydrogens is 392 g/mol. The number of carbonyl (C=O) groups excluding carboxylic acids is 2. The number of aromatic nitrogens is 1. The summed E-state index contributed by atoms with van der Waals surface area (Å²) in [5.74, 6) is 0.848. The van der Waals surface area contributed by atoms with Crippen molar-refractivity contribution in [3.8, 4) is 11.5 Å². The Bertz CT molecular complexity index is 1050. The first-order valence-electron chi connectivity index (χ1n) is 8.88. The van der Waals surface area contributed by atoms with Crippen LogP contribution in [0, 0.1) is 6.92 Å². The molecule has 1 aliphatic rings. The van der Waals surface area contributed by atoms with Crippen molar-refractivity contribution < 1.29 is 19.1 Å². The molecule has 0 aliphatic carbocycles. The average molecular weight is 410 g/mol. The molecule has 0 unspecified atom stereocenters. The Morgan fingerprint density at radius 2 is 1.66 bits per heavy atom. The minimum absolute atomic E-state index is 0.204. The lowest BCUT2D eigenvalue weighted by molar-refractivity contribution is 0.102. The van der Waals surface area contributed by atoms with E-state index in [1.165, 1.54) is 0 Å². The van der Waals surface area contributed by atoms with Crippen LogP contribution in [0.3, 0.4) is 0 Å². The van der Waals surface area contributed by atoms with E-state index in [0.717, 1.165) is 16.9 Å². The Labute approximate surface area is 170 Å². The number of thiazole rings is 1. The van der Waals surface area contributed by atoms with Gasteiger partial charge in [0.05, 0.1) is 0 Å². The van der Waals surface area contributed by atoms with Crippen LogP contribution >= 0.6 is 11.3 Å². The first-order chi connectivity index (χ1) is 14.1. The number of nitrogens with zero attached hydrogens (tertiary/aromatic N) is 1. The minimum atomic E-state index is -0.429. The number of nitrogens with one attached hydrogen (secondary N) is 3. The lowest BCUT2D eigenvalue weighted by atomic mass is 10.2. The van der Waals surface area contributed by atoms with Gasteiger partial charge in [0.15, 0.2) is 16.6 Å².